The maximum absolute atomic E-state index is 12.4. The maximum Gasteiger partial charge on any atom is 0.276 e. The van der Waals surface area contributed by atoms with Crippen molar-refractivity contribution in [3.05, 3.63) is 65.2 Å². The van der Waals surface area contributed by atoms with E-state index in [1.165, 1.54) is 48.5 Å². The third kappa shape index (κ3) is 1.89. The summed E-state index contributed by atoms with van der Waals surface area (Å²) in [5.41, 5.74) is 0.323. The molecule has 0 radical (unpaired) electrons. The highest BCUT2D eigenvalue weighted by molar-refractivity contribution is 7.90. The average molecular weight is 312 g/mol. The predicted molar refractivity (Wildman–Crippen MR) is 75.3 cm³/mol. The monoisotopic (exact) mass is 312 g/mol. The summed E-state index contributed by atoms with van der Waals surface area (Å²) in [6, 6.07) is 12.9. The first kappa shape index (κ1) is 14.0. The predicted octanol–water partition coefficient (Wildman–Crippen LogP) is 1.54. The minimum atomic E-state index is -4.19. The Morgan fingerprint density at radius 1 is 1.05 bits per heavy atom. The Hall–Kier alpha value is -2.98. The molecular weight excluding hydrogens is 304 g/mol. The van der Waals surface area contributed by atoms with Crippen LogP contribution in [0.25, 0.3) is 0 Å². The van der Waals surface area contributed by atoms with Gasteiger partial charge in [-0.1, -0.05) is 12.1 Å². The number of sulfonamides is 1. The van der Waals surface area contributed by atoms with Gasteiger partial charge in [-0.3, -0.25) is 9.59 Å². The third-order valence-electron chi connectivity index (χ3n) is 3.27. The molecule has 0 fully saturated rings. The summed E-state index contributed by atoms with van der Waals surface area (Å²) in [6.45, 7) is 0. The van der Waals surface area contributed by atoms with Crippen molar-refractivity contribution < 1.29 is 18.0 Å². The quantitative estimate of drug-likeness (QED) is 0.744. The topological polar surface area (TPSA) is 95.3 Å². The van der Waals surface area contributed by atoms with Crippen LogP contribution in [0.2, 0.25) is 0 Å². The third-order valence-corrected chi connectivity index (χ3v) is 4.99. The van der Waals surface area contributed by atoms with Gasteiger partial charge in [0.2, 0.25) is 0 Å². The van der Waals surface area contributed by atoms with E-state index in [0.717, 1.165) is 0 Å². The highest BCUT2D eigenvalue weighted by atomic mass is 32.2. The summed E-state index contributed by atoms with van der Waals surface area (Å²) in [5, 5.41) is 8.73. The van der Waals surface area contributed by atoms with Crippen LogP contribution in [0.15, 0.2) is 53.4 Å². The van der Waals surface area contributed by atoms with E-state index in [9.17, 15) is 18.0 Å². The summed E-state index contributed by atoms with van der Waals surface area (Å²) < 4.78 is 25.0. The number of imide groups is 1. The number of benzene rings is 2. The van der Waals surface area contributed by atoms with Crippen LogP contribution in [0.3, 0.4) is 0 Å². The van der Waals surface area contributed by atoms with Gasteiger partial charge in [0.1, 0.15) is 4.90 Å². The van der Waals surface area contributed by atoms with Gasteiger partial charge in [-0.05, 0) is 36.4 Å². The lowest BCUT2D eigenvalue weighted by Gasteiger charge is -2.13. The molecule has 0 bridgehead atoms. The number of hydrogen-bond acceptors (Lipinski definition) is 5. The first-order valence-electron chi connectivity index (χ1n) is 6.20. The fourth-order valence-electron chi connectivity index (χ4n) is 2.19. The fraction of sp³-hybridized carbons (Fsp3) is 0. The molecule has 0 N–H and O–H groups in total. The Morgan fingerprint density at radius 2 is 1.68 bits per heavy atom. The van der Waals surface area contributed by atoms with Crippen molar-refractivity contribution in [3.63, 3.8) is 0 Å². The molecule has 1 heterocycles. The molecule has 0 aliphatic carbocycles. The molecule has 0 saturated carbocycles. The number of fused-ring (bicyclic) bond motifs is 1. The second-order valence-electron chi connectivity index (χ2n) is 4.57. The minimum Gasteiger partial charge on any atom is -0.267 e. The van der Waals surface area contributed by atoms with E-state index >= 15 is 0 Å². The lowest BCUT2D eigenvalue weighted by molar-refractivity contribution is 0.0740. The van der Waals surface area contributed by atoms with Gasteiger partial charge in [-0.2, -0.15) is 9.57 Å². The molecule has 7 heteroatoms. The van der Waals surface area contributed by atoms with E-state index in [4.69, 9.17) is 5.26 Å². The maximum atomic E-state index is 12.4. The van der Waals surface area contributed by atoms with Crippen LogP contribution in [0.5, 0.6) is 0 Å². The van der Waals surface area contributed by atoms with Crippen LogP contribution < -0.4 is 0 Å². The van der Waals surface area contributed by atoms with Crippen LogP contribution in [0.1, 0.15) is 26.3 Å². The van der Waals surface area contributed by atoms with Gasteiger partial charge in [0.05, 0.1) is 17.2 Å². The van der Waals surface area contributed by atoms with Gasteiger partial charge in [0, 0.05) is 5.56 Å². The summed E-state index contributed by atoms with van der Waals surface area (Å²) in [5.74, 6) is -1.81. The normalized spacial score (nSPS) is 15.2. The summed E-state index contributed by atoms with van der Waals surface area (Å²) in [6.07, 6.45) is 0. The van der Waals surface area contributed by atoms with Crippen molar-refractivity contribution in [2.24, 2.45) is 0 Å². The largest absolute Gasteiger partial charge is 0.276 e. The van der Waals surface area contributed by atoms with Crippen molar-refractivity contribution >= 4 is 21.8 Å². The molecule has 0 atom stereocenters. The molecule has 2 amide bonds. The van der Waals surface area contributed by atoms with E-state index in [-0.39, 0.29) is 20.3 Å². The molecule has 108 valence electrons. The summed E-state index contributed by atoms with van der Waals surface area (Å²) >= 11 is 0. The molecule has 2 aromatic rings. The van der Waals surface area contributed by atoms with Crippen molar-refractivity contribution in [2.75, 3.05) is 0 Å². The Labute approximate surface area is 126 Å². The number of carbonyl (C=O) groups is 2. The molecule has 22 heavy (non-hydrogen) atoms. The number of nitriles is 1. The molecular formula is C15H8N2O4S. The van der Waals surface area contributed by atoms with Gasteiger partial charge in [0.15, 0.2) is 0 Å². The van der Waals surface area contributed by atoms with Crippen molar-refractivity contribution in [1.29, 1.82) is 5.26 Å². The van der Waals surface area contributed by atoms with Gasteiger partial charge in [0.25, 0.3) is 21.8 Å². The first-order chi connectivity index (χ1) is 10.5. The van der Waals surface area contributed by atoms with Crippen LogP contribution >= 0.6 is 0 Å². The van der Waals surface area contributed by atoms with E-state index in [0.29, 0.717) is 5.56 Å². The van der Waals surface area contributed by atoms with E-state index in [1.54, 1.807) is 0 Å². The van der Waals surface area contributed by atoms with E-state index < -0.39 is 21.8 Å². The Bertz CT molecular complexity index is 940. The fourth-order valence-corrected chi connectivity index (χ4v) is 3.71. The minimum absolute atomic E-state index is 0.0173. The van der Waals surface area contributed by atoms with Gasteiger partial charge in [-0.15, -0.1) is 0 Å². The second-order valence-corrected chi connectivity index (χ2v) is 6.32. The smallest absolute Gasteiger partial charge is 0.267 e. The van der Waals surface area contributed by atoms with Gasteiger partial charge < -0.3 is 0 Å². The number of amides is 2. The average Bonchev–Trinajstić information content (AvgIpc) is 2.74. The first-order valence-corrected chi connectivity index (χ1v) is 7.64. The molecule has 0 saturated heterocycles. The lowest BCUT2D eigenvalue weighted by Crippen LogP contribution is -2.36. The van der Waals surface area contributed by atoms with E-state index in [1.807, 2.05) is 6.07 Å². The number of hydrogen-bond donors (Lipinski definition) is 0. The van der Waals surface area contributed by atoms with E-state index in [2.05, 4.69) is 0 Å². The van der Waals surface area contributed by atoms with Crippen molar-refractivity contribution in [2.45, 2.75) is 4.90 Å². The zero-order valence-corrected chi connectivity index (χ0v) is 11.9. The summed E-state index contributed by atoms with van der Waals surface area (Å²) in [7, 11) is -4.19. The molecule has 0 unspecified atom stereocenters. The molecule has 0 aromatic heterocycles. The summed E-state index contributed by atoms with van der Waals surface area (Å²) in [4.78, 5) is 24.4. The van der Waals surface area contributed by atoms with Gasteiger partial charge in [-0.25, -0.2) is 8.42 Å². The molecule has 2 aromatic carbocycles. The van der Waals surface area contributed by atoms with Crippen LogP contribution in [0, 0.1) is 11.3 Å². The Morgan fingerprint density at radius 3 is 2.27 bits per heavy atom. The Kier molecular flexibility index (Phi) is 3.04. The lowest BCUT2D eigenvalue weighted by atomic mass is 10.1. The van der Waals surface area contributed by atoms with Crippen molar-refractivity contribution in [1.82, 2.24) is 4.31 Å². The zero-order chi connectivity index (χ0) is 15.9. The van der Waals surface area contributed by atoms with Crippen LogP contribution in [0.4, 0.5) is 0 Å². The number of nitrogens with zero attached hydrogens (tertiary/aromatic N) is 2. The number of carbonyl (C=O) groups excluding carboxylic acids is 2. The molecule has 3 rings (SSSR count). The zero-order valence-electron chi connectivity index (χ0n) is 11.1. The molecule has 1 aliphatic heterocycles. The highest BCUT2D eigenvalue weighted by Crippen LogP contribution is 2.31. The van der Waals surface area contributed by atoms with Gasteiger partial charge >= 0.3 is 0 Å². The molecule has 1 aliphatic rings. The Balaban J connectivity index is 2.08. The number of rotatable bonds is 1. The molecule has 6 nitrogen and oxygen atoms in total. The second kappa shape index (κ2) is 4.79. The standard InChI is InChI=1S/C15H8N2O4S/c16-9-10-5-7-11(8-6-10)14(18)17-15(19)12-3-1-2-4-13(12)22(17,20)21/h1-8H. The molecule has 0 spiro atoms. The van der Waals surface area contributed by atoms with Crippen LogP contribution in [-0.2, 0) is 10.0 Å². The highest BCUT2D eigenvalue weighted by Gasteiger charge is 2.45. The van der Waals surface area contributed by atoms with Crippen molar-refractivity contribution in [3.8, 4) is 6.07 Å². The van der Waals surface area contributed by atoms with Crippen LogP contribution in [-0.4, -0.2) is 24.5 Å². The SMILES string of the molecule is N#Cc1ccc(C(=O)N2C(=O)c3ccccc3S2(=O)=O)cc1.